The fourth-order valence-electron chi connectivity index (χ4n) is 2.46. The maximum atomic E-state index is 12.1. The molecule has 0 amide bonds. The van der Waals surface area contributed by atoms with Crippen LogP contribution in [0.1, 0.15) is 41.5 Å². The Hall–Kier alpha value is -3.16. The molecule has 0 saturated heterocycles. The summed E-state index contributed by atoms with van der Waals surface area (Å²) < 4.78 is 21.0. The predicted molar refractivity (Wildman–Crippen MR) is 103 cm³/mol. The van der Waals surface area contributed by atoms with Crippen LogP contribution in [0.15, 0.2) is 53.5 Å². The molecule has 152 valence electrons. The van der Waals surface area contributed by atoms with Gasteiger partial charge in [-0.05, 0) is 53.7 Å². The summed E-state index contributed by atoms with van der Waals surface area (Å²) >= 11 is 0. The standard InChI is InChI=1S/C20H26N2O6/c1-12(2)25-19(23)27-17-14(5)21-15(6)18(28-20(24)26-13(3)4)22(17)16-10-8-7-9-11-16/h7-13,21H,1-6H3. The third-order valence-electron chi connectivity index (χ3n) is 3.46. The van der Waals surface area contributed by atoms with Crippen LogP contribution < -0.4 is 10.2 Å². The summed E-state index contributed by atoms with van der Waals surface area (Å²) in [4.78, 5) is 25.8. The van der Waals surface area contributed by atoms with Gasteiger partial charge in [0, 0.05) is 0 Å². The maximum Gasteiger partial charge on any atom is 0.515 e. The first-order valence-electron chi connectivity index (χ1n) is 9.00. The predicted octanol–water partition coefficient (Wildman–Crippen LogP) is 4.60. The minimum Gasteiger partial charge on any atom is -0.431 e. The molecule has 8 heteroatoms. The zero-order valence-electron chi connectivity index (χ0n) is 16.9. The van der Waals surface area contributed by atoms with E-state index in [9.17, 15) is 9.59 Å². The summed E-state index contributed by atoms with van der Waals surface area (Å²) in [7, 11) is 0. The van der Waals surface area contributed by atoms with Gasteiger partial charge in [-0.25, -0.2) is 14.5 Å². The lowest BCUT2D eigenvalue weighted by Crippen LogP contribution is -2.38. The zero-order valence-corrected chi connectivity index (χ0v) is 16.9. The summed E-state index contributed by atoms with van der Waals surface area (Å²) in [5.41, 5.74) is 1.72. The average Bonchev–Trinajstić information content (AvgIpc) is 2.58. The van der Waals surface area contributed by atoms with Gasteiger partial charge in [-0.3, -0.25) is 0 Å². The van der Waals surface area contributed by atoms with Crippen molar-refractivity contribution in [1.29, 1.82) is 0 Å². The molecule has 0 aliphatic carbocycles. The third-order valence-corrected chi connectivity index (χ3v) is 3.46. The average molecular weight is 390 g/mol. The quantitative estimate of drug-likeness (QED) is 0.730. The van der Waals surface area contributed by atoms with Gasteiger partial charge in [-0.2, -0.15) is 0 Å². The van der Waals surface area contributed by atoms with Crippen LogP contribution in [0.3, 0.4) is 0 Å². The Morgan fingerprint density at radius 1 is 0.821 bits per heavy atom. The van der Waals surface area contributed by atoms with Crippen LogP contribution in [0.25, 0.3) is 0 Å². The van der Waals surface area contributed by atoms with Gasteiger partial charge in [0.2, 0.25) is 11.8 Å². The van der Waals surface area contributed by atoms with E-state index in [1.165, 1.54) is 4.90 Å². The molecule has 2 rings (SSSR count). The van der Waals surface area contributed by atoms with Crippen molar-refractivity contribution in [2.45, 2.75) is 53.8 Å². The number of carbonyl (C=O) groups is 2. The monoisotopic (exact) mass is 390 g/mol. The Morgan fingerprint density at radius 3 is 1.64 bits per heavy atom. The van der Waals surface area contributed by atoms with Crippen molar-refractivity contribution in [3.05, 3.63) is 53.5 Å². The van der Waals surface area contributed by atoms with Crippen molar-refractivity contribution >= 4 is 18.0 Å². The molecule has 0 spiro atoms. The van der Waals surface area contributed by atoms with Gasteiger partial charge in [0.25, 0.3) is 0 Å². The van der Waals surface area contributed by atoms with Crippen molar-refractivity contribution in [3.8, 4) is 0 Å². The van der Waals surface area contributed by atoms with Crippen molar-refractivity contribution < 1.29 is 28.5 Å². The number of nitrogens with one attached hydrogen (secondary N) is 1. The second kappa shape index (κ2) is 9.16. The van der Waals surface area contributed by atoms with E-state index in [2.05, 4.69) is 5.32 Å². The number of anilines is 1. The van der Waals surface area contributed by atoms with Gasteiger partial charge in [-0.1, -0.05) is 18.2 Å². The minimum atomic E-state index is -0.865. The highest BCUT2D eigenvalue weighted by Gasteiger charge is 2.32. The number of allylic oxidation sites excluding steroid dienone is 2. The van der Waals surface area contributed by atoms with Crippen LogP contribution in [-0.2, 0) is 18.9 Å². The maximum absolute atomic E-state index is 12.1. The third kappa shape index (κ3) is 5.42. The molecular weight excluding hydrogens is 364 g/mol. The van der Waals surface area contributed by atoms with Gasteiger partial charge in [-0.15, -0.1) is 0 Å². The molecule has 0 fully saturated rings. The lowest BCUT2D eigenvalue weighted by Gasteiger charge is -2.33. The number of hydrogen-bond donors (Lipinski definition) is 1. The number of carbonyl (C=O) groups excluding carboxylic acids is 2. The van der Waals surface area contributed by atoms with Crippen LogP contribution in [0, 0.1) is 0 Å². The fourth-order valence-corrected chi connectivity index (χ4v) is 2.46. The molecule has 1 aromatic carbocycles. The van der Waals surface area contributed by atoms with Crippen LogP contribution in [0.2, 0.25) is 0 Å². The van der Waals surface area contributed by atoms with Crippen molar-refractivity contribution in [3.63, 3.8) is 0 Å². The van der Waals surface area contributed by atoms with Crippen LogP contribution in [0.4, 0.5) is 15.3 Å². The van der Waals surface area contributed by atoms with Crippen LogP contribution in [-0.4, -0.2) is 24.5 Å². The SMILES string of the molecule is CC1=C(OC(=O)OC(C)C)N(c2ccccc2)C(OC(=O)OC(C)C)=C(C)N1. The van der Waals surface area contributed by atoms with Gasteiger partial charge >= 0.3 is 12.3 Å². The summed E-state index contributed by atoms with van der Waals surface area (Å²) in [5, 5.41) is 3.05. The summed E-state index contributed by atoms with van der Waals surface area (Å²) in [6.45, 7) is 10.4. The smallest absolute Gasteiger partial charge is 0.431 e. The highest BCUT2D eigenvalue weighted by Crippen LogP contribution is 2.32. The molecule has 8 nitrogen and oxygen atoms in total. The molecule has 28 heavy (non-hydrogen) atoms. The Balaban J connectivity index is 2.41. The summed E-state index contributed by atoms with van der Waals surface area (Å²) in [6.07, 6.45) is -2.42. The first-order valence-corrected chi connectivity index (χ1v) is 9.00. The van der Waals surface area contributed by atoms with E-state index in [0.29, 0.717) is 17.1 Å². The number of hydrogen-bond acceptors (Lipinski definition) is 8. The van der Waals surface area contributed by atoms with Gasteiger partial charge in [0.1, 0.15) is 0 Å². The molecule has 1 aliphatic rings. The number of benzene rings is 1. The number of ether oxygens (including phenoxy) is 4. The van der Waals surface area contributed by atoms with E-state index in [4.69, 9.17) is 18.9 Å². The first kappa shape index (κ1) is 21.1. The van der Waals surface area contributed by atoms with E-state index in [1.807, 2.05) is 18.2 Å². The van der Waals surface area contributed by atoms with Crippen molar-refractivity contribution in [2.75, 3.05) is 4.90 Å². The van der Waals surface area contributed by atoms with Crippen molar-refractivity contribution in [1.82, 2.24) is 5.32 Å². The largest absolute Gasteiger partial charge is 0.515 e. The van der Waals surface area contributed by atoms with E-state index in [-0.39, 0.29) is 24.0 Å². The molecule has 1 aliphatic heterocycles. The molecule has 0 radical (unpaired) electrons. The second-order valence-electron chi connectivity index (χ2n) is 6.69. The molecule has 0 saturated carbocycles. The van der Waals surface area contributed by atoms with Crippen LogP contribution in [0.5, 0.6) is 0 Å². The molecule has 1 N–H and O–H groups in total. The topological polar surface area (TPSA) is 86.3 Å². The number of para-hydroxylation sites is 1. The molecule has 1 aromatic rings. The lowest BCUT2D eigenvalue weighted by molar-refractivity contribution is 0.0435. The van der Waals surface area contributed by atoms with E-state index >= 15 is 0 Å². The Morgan fingerprint density at radius 2 is 1.25 bits per heavy atom. The normalized spacial score (nSPS) is 14.2. The molecule has 1 heterocycles. The van der Waals surface area contributed by atoms with Gasteiger partial charge in [0.05, 0.1) is 29.3 Å². The molecule has 0 unspecified atom stereocenters. The zero-order chi connectivity index (χ0) is 20.8. The molecule has 0 atom stereocenters. The number of nitrogens with zero attached hydrogens (tertiary/aromatic N) is 1. The van der Waals surface area contributed by atoms with E-state index in [1.54, 1.807) is 53.7 Å². The highest BCUT2D eigenvalue weighted by atomic mass is 16.7. The Kier molecular flexibility index (Phi) is 6.92. The first-order chi connectivity index (χ1) is 13.2. The molecule has 0 bridgehead atoms. The Bertz CT molecular complexity index is 737. The second-order valence-corrected chi connectivity index (χ2v) is 6.69. The summed E-state index contributed by atoms with van der Waals surface area (Å²) in [6, 6.07) is 9.06. The fraction of sp³-hybridized carbons (Fsp3) is 0.400. The lowest BCUT2D eigenvalue weighted by atomic mass is 10.2. The van der Waals surface area contributed by atoms with Crippen LogP contribution >= 0.6 is 0 Å². The van der Waals surface area contributed by atoms with Crippen molar-refractivity contribution in [2.24, 2.45) is 0 Å². The molecular formula is C20H26N2O6. The Labute approximate surface area is 164 Å². The van der Waals surface area contributed by atoms with Gasteiger partial charge < -0.3 is 24.3 Å². The molecule has 0 aromatic heterocycles. The number of rotatable bonds is 5. The van der Waals surface area contributed by atoms with E-state index < -0.39 is 12.3 Å². The minimum absolute atomic E-state index is 0.134. The van der Waals surface area contributed by atoms with Gasteiger partial charge in [0.15, 0.2) is 0 Å². The highest BCUT2D eigenvalue weighted by molar-refractivity contribution is 5.69. The summed E-state index contributed by atoms with van der Waals surface area (Å²) in [5.74, 6) is 0.268. The van der Waals surface area contributed by atoms with E-state index in [0.717, 1.165) is 0 Å².